The van der Waals surface area contributed by atoms with Gasteiger partial charge in [-0.1, -0.05) is 19.3 Å². The number of carbonyl (C=O) groups is 1. The first-order valence-corrected chi connectivity index (χ1v) is 9.06. The summed E-state index contributed by atoms with van der Waals surface area (Å²) in [5.41, 5.74) is 9.34. The molecule has 0 radical (unpaired) electrons. The number of aliphatic hydroxyl groups excluding tert-OH is 1. The van der Waals surface area contributed by atoms with Crippen LogP contribution in [0.4, 0.5) is 0 Å². The third kappa shape index (κ3) is 3.70. The van der Waals surface area contributed by atoms with Crippen LogP contribution in [0.25, 0.3) is 11.0 Å². The molecule has 1 unspecified atom stereocenters. The zero-order valence-electron chi connectivity index (χ0n) is 15.1. The Morgan fingerprint density at radius 1 is 1.32 bits per heavy atom. The van der Waals surface area contributed by atoms with Crippen molar-refractivity contribution in [1.82, 2.24) is 14.9 Å². The van der Waals surface area contributed by atoms with Crippen LogP contribution >= 0.6 is 0 Å². The molecule has 6 heteroatoms. The van der Waals surface area contributed by atoms with Crippen LogP contribution in [-0.4, -0.2) is 38.8 Å². The van der Waals surface area contributed by atoms with Crippen LogP contribution in [0.15, 0.2) is 18.5 Å². The molecule has 1 aliphatic rings. The van der Waals surface area contributed by atoms with E-state index in [1.807, 2.05) is 4.57 Å². The van der Waals surface area contributed by atoms with Gasteiger partial charge in [0.15, 0.2) is 0 Å². The van der Waals surface area contributed by atoms with E-state index in [9.17, 15) is 9.90 Å². The first kappa shape index (κ1) is 17.9. The van der Waals surface area contributed by atoms with Crippen molar-refractivity contribution in [2.24, 2.45) is 5.73 Å². The van der Waals surface area contributed by atoms with Gasteiger partial charge in [-0.3, -0.25) is 4.79 Å². The molecule has 1 aromatic heterocycles. The molecule has 0 spiro atoms. The lowest BCUT2D eigenvalue weighted by Gasteiger charge is -2.36. The van der Waals surface area contributed by atoms with Crippen molar-refractivity contribution in [3.05, 3.63) is 29.6 Å². The Labute approximate surface area is 148 Å². The Balaban J connectivity index is 1.67. The van der Waals surface area contributed by atoms with Gasteiger partial charge in [0.25, 0.3) is 0 Å². The average molecular weight is 344 g/mol. The number of imidazole rings is 1. The van der Waals surface area contributed by atoms with Crippen molar-refractivity contribution in [3.63, 3.8) is 0 Å². The van der Waals surface area contributed by atoms with Crippen molar-refractivity contribution >= 4 is 16.9 Å². The van der Waals surface area contributed by atoms with Crippen LogP contribution in [0.2, 0.25) is 0 Å². The molecule has 1 heterocycles. The number of β-amino-alcohol motifs (C(OH)–C–C–N with tert-alkyl or cyclic N) is 1. The summed E-state index contributed by atoms with van der Waals surface area (Å²) in [6.45, 7) is 4.91. The standard InChI is InChI=1S/C19H28N4O2/c1-13-8-16-17(9-14(13)2)23(12-21-16)11-15(24)10-22-19(18(20)25)6-4-3-5-7-19/h8-9,12,15,22,24H,3-7,10-11H2,1-2H3,(H2,20,25). The predicted molar refractivity (Wildman–Crippen MR) is 98.2 cm³/mol. The quantitative estimate of drug-likeness (QED) is 0.745. The van der Waals surface area contributed by atoms with Crippen LogP contribution in [0.1, 0.15) is 43.2 Å². The summed E-state index contributed by atoms with van der Waals surface area (Å²) in [5.74, 6) is -0.307. The molecule has 0 aliphatic heterocycles. The van der Waals surface area contributed by atoms with Gasteiger partial charge in [0.05, 0.1) is 35.5 Å². The van der Waals surface area contributed by atoms with E-state index in [2.05, 4.69) is 36.3 Å². The maximum atomic E-state index is 11.9. The summed E-state index contributed by atoms with van der Waals surface area (Å²) < 4.78 is 1.96. The summed E-state index contributed by atoms with van der Waals surface area (Å²) in [4.78, 5) is 16.3. The highest BCUT2D eigenvalue weighted by molar-refractivity contribution is 5.84. The minimum Gasteiger partial charge on any atom is -0.390 e. The maximum absolute atomic E-state index is 11.9. The molecule has 1 atom stereocenters. The van der Waals surface area contributed by atoms with Gasteiger partial charge in [0.1, 0.15) is 0 Å². The van der Waals surface area contributed by atoms with Crippen LogP contribution in [0, 0.1) is 13.8 Å². The number of carbonyl (C=O) groups excluding carboxylic acids is 1. The molecule has 2 aromatic rings. The number of aryl methyl sites for hydroxylation is 2. The number of nitrogens with two attached hydrogens (primary N) is 1. The number of hydrogen-bond acceptors (Lipinski definition) is 4. The number of primary amides is 1. The Kier molecular flexibility index (Phi) is 5.11. The highest BCUT2D eigenvalue weighted by atomic mass is 16.3. The van der Waals surface area contributed by atoms with Crippen molar-refractivity contribution in [3.8, 4) is 0 Å². The highest BCUT2D eigenvalue weighted by Gasteiger charge is 2.37. The Bertz CT molecular complexity index is 762. The van der Waals surface area contributed by atoms with E-state index in [0.717, 1.165) is 43.1 Å². The monoisotopic (exact) mass is 344 g/mol. The number of hydrogen-bond donors (Lipinski definition) is 3. The minimum atomic E-state index is -0.663. The fourth-order valence-corrected chi connectivity index (χ4v) is 3.73. The van der Waals surface area contributed by atoms with Crippen LogP contribution in [-0.2, 0) is 11.3 Å². The Morgan fingerprint density at radius 3 is 2.68 bits per heavy atom. The van der Waals surface area contributed by atoms with Crippen molar-refractivity contribution in [2.75, 3.05) is 6.54 Å². The summed E-state index contributed by atoms with van der Waals surface area (Å²) >= 11 is 0. The van der Waals surface area contributed by atoms with Crippen LogP contribution in [0.5, 0.6) is 0 Å². The SMILES string of the molecule is Cc1cc2ncn(CC(O)CNC3(C(N)=O)CCCCC3)c2cc1C. The molecule has 25 heavy (non-hydrogen) atoms. The second kappa shape index (κ2) is 7.14. The molecule has 4 N–H and O–H groups in total. The molecular weight excluding hydrogens is 316 g/mol. The highest BCUT2D eigenvalue weighted by Crippen LogP contribution is 2.28. The van der Waals surface area contributed by atoms with Gasteiger partial charge in [-0.05, 0) is 49.9 Å². The normalized spacial score (nSPS) is 18.4. The second-order valence-electron chi connectivity index (χ2n) is 7.36. The molecule has 1 aliphatic carbocycles. The van der Waals surface area contributed by atoms with E-state index in [1.165, 1.54) is 11.1 Å². The molecule has 6 nitrogen and oxygen atoms in total. The average Bonchev–Trinajstić information content (AvgIpc) is 2.96. The number of benzene rings is 1. The van der Waals surface area contributed by atoms with Crippen molar-refractivity contribution in [1.29, 1.82) is 0 Å². The van der Waals surface area contributed by atoms with Crippen LogP contribution < -0.4 is 11.1 Å². The number of aliphatic hydroxyl groups is 1. The van der Waals surface area contributed by atoms with Gasteiger partial charge in [-0.15, -0.1) is 0 Å². The summed E-state index contributed by atoms with van der Waals surface area (Å²) in [6, 6.07) is 4.17. The summed E-state index contributed by atoms with van der Waals surface area (Å²) in [7, 11) is 0. The Morgan fingerprint density at radius 2 is 2.00 bits per heavy atom. The summed E-state index contributed by atoms with van der Waals surface area (Å²) in [6.07, 6.45) is 5.78. The first-order valence-electron chi connectivity index (χ1n) is 9.06. The number of nitrogens with zero attached hydrogens (tertiary/aromatic N) is 2. The Hall–Kier alpha value is -1.92. The predicted octanol–water partition coefficient (Wildman–Crippen LogP) is 1.79. The van der Waals surface area contributed by atoms with E-state index in [-0.39, 0.29) is 5.91 Å². The largest absolute Gasteiger partial charge is 0.390 e. The first-order chi connectivity index (χ1) is 11.9. The van der Waals surface area contributed by atoms with Gasteiger partial charge >= 0.3 is 0 Å². The van der Waals surface area contributed by atoms with Gasteiger partial charge in [0, 0.05) is 6.54 Å². The van der Waals surface area contributed by atoms with Gasteiger partial charge < -0.3 is 20.7 Å². The zero-order valence-corrected chi connectivity index (χ0v) is 15.1. The summed E-state index contributed by atoms with van der Waals surface area (Å²) in [5, 5.41) is 13.7. The van der Waals surface area contributed by atoms with Gasteiger partial charge in [0.2, 0.25) is 5.91 Å². The molecule has 3 rings (SSSR count). The number of aromatic nitrogens is 2. The molecular formula is C19H28N4O2. The van der Waals surface area contributed by atoms with Gasteiger partial charge in [-0.2, -0.15) is 0 Å². The second-order valence-corrected chi connectivity index (χ2v) is 7.36. The number of nitrogens with one attached hydrogen (secondary N) is 1. The van der Waals surface area contributed by atoms with E-state index < -0.39 is 11.6 Å². The van der Waals surface area contributed by atoms with E-state index >= 15 is 0 Å². The number of amides is 1. The lowest BCUT2D eigenvalue weighted by molar-refractivity contribution is -0.126. The van der Waals surface area contributed by atoms with Crippen molar-refractivity contribution in [2.45, 2.75) is 64.1 Å². The number of rotatable bonds is 6. The maximum Gasteiger partial charge on any atom is 0.237 e. The molecule has 0 saturated heterocycles. The molecule has 1 amide bonds. The third-order valence-electron chi connectivity index (χ3n) is 5.50. The smallest absolute Gasteiger partial charge is 0.237 e. The third-order valence-corrected chi connectivity index (χ3v) is 5.50. The van der Waals surface area contributed by atoms with E-state index in [1.54, 1.807) is 6.33 Å². The van der Waals surface area contributed by atoms with Gasteiger partial charge in [-0.25, -0.2) is 4.98 Å². The molecule has 1 aromatic carbocycles. The fourth-order valence-electron chi connectivity index (χ4n) is 3.73. The van der Waals surface area contributed by atoms with Crippen LogP contribution in [0.3, 0.4) is 0 Å². The van der Waals surface area contributed by atoms with Crippen molar-refractivity contribution < 1.29 is 9.90 Å². The van der Waals surface area contributed by atoms with E-state index in [4.69, 9.17) is 5.73 Å². The minimum absolute atomic E-state index is 0.307. The molecule has 1 saturated carbocycles. The number of fused-ring (bicyclic) bond motifs is 1. The lowest BCUT2D eigenvalue weighted by atomic mass is 9.81. The zero-order chi connectivity index (χ0) is 18.0. The van der Waals surface area contributed by atoms with E-state index in [0.29, 0.717) is 13.1 Å². The topological polar surface area (TPSA) is 93.2 Å². The molecule has 0 bridgehead atoms. The lowest BCUT2D eigenvalue weighted by Crippen LogP contribution is -2.58. The molecule has 1 fully saturated rings. The molecule has 136 valence electrons. The fraction of sp³-hybridized carbons (Fsp3) is 0.579.